The van der Waals surface area contributed by atoms with Gasteiger partial charge in [0.05, 0.1) is 13.7 Å². The Balaban J connectivity index is 1.88. The number of hydrogen-bond acceptors (Lipinski definition) is 5. The van der Waals surface area contributed by atoms with Crippen molar-refractivity contribution in [1.82, 2.24) is 0 Å². The smallest absolute Gasteiger partial charge is 0.429 e. The van der Waals surface area contributed by atoms with Gasteiger partial charge in [0.15, 0.2) is 16.5 Å². The van der Waals surface area contributed by atoms with E-state index in [1.807, 2.05) is 48.5 Å². The predicted octanol–water partition coefficient (Wildman–Crippen LogP) is 4.43. The molecule has 0 spiro atoms. The Morgan fingerprint density at radius 1 is 1.12 bits per heavy atom. The van der Waals surface area contributed by atoms with Gasteiger partial charge in [-0.25, -0.2) is 0 Å². The molecule has 0 unspecified atom stereocenters. The molecule has 0 aromatic heterocycles. The SMILES string of the molecule is COc1cc(CCCO/C(O)=C/[N+]#N)ccc1OCc1ccccc1. The molecule has 2 aromatic carbocycles. The van der Waals surface area contributed by atoms with Crippen LogP contribution in [0.2, 0.25) is 0 Å². The van der Waals surface area contributed by atoms with Crippen molar-refractivity contribution < 1.29 is 19.3 Å². The summed E-state index contributed by atoms with van der Waals surface area (Å²) in [6.07, 6.45) is 2.28. The van der Waals surface area contributed by atoms with Crippen LogP contribution in [0.25, 0.3) is 4.98 Å². The summed E-state index contributed by atoms with van der Waals surface area (Å²) in [5.74, 6) is 0.956. The minimum absolute atomic E-state index is 0.312. The first-order valence-corrected chi connectivity index (χ1v) is 7.92. The molecular weight excluding hydrogens is 320 g/mol. The third kappa shape index (κ3) is 6.07. The number of rotatable bonds is 9. The zero-order chi connectivity index (χ0) is 17.9. The summed E-state index contributed by atoms with van der Waals surface area (Å²) in [6, 6.07) is 15.7. The van der Waals surface area contributed by atoms with E-state index in [4.69, 9.17) is 24.7 Å². The normalized spacial score (nSPS) is 10.8. The fraction of sp³-hybridized carbons (Fsp3) is 0.263. The van der Waals surface area contributed by atoms with E-state index in [1.54, 1.807) is 7.11 Å². The molecule has 0 saturated heterocycles. The number of diazo groups is 1. The van der Waals surface area contributed by atoms with Crippen LogP contribution in [0.4, 0.5) is 0 Å². The van der Waals surface area contributed by atoms with Gasteiger partial charge in [0, 0.05) is 0 Å². The topological polar surface area (TPSA) is 76.1 Å². The lowest BCUT2D eigenvalue weighted by Gasteiger charge is -2.12. The largest absolute Gasteiger partial charge is 0.493 e. The fourth-order valence-corrected chi connectivity index (χ4v) is 2.26. The lowest BCUT2D eigenvalue weighted by atomic mass is 10.1. The number of hydrogen-bond donors (Lipinski definition) is 1. The molecule has 0 aliphatic carbocycles. The molecular formula is C19H21N2O4+. The molecule has 0 heterocycles. The van der Waals surface area contributed by atoms with E-state index in [2.05, 4.69) is 4.98 Å². The van der Waals surface area contributed by atoms with E-state index in [0.717, 1.165) is 23.7 Å². The van der Waals surface area contributed by atoms with Crippen LogP contribution in [-0.4, -0.2) is 18.8 Å². The number of ether oxygens (including phenoxy) is 3. The Kier molecular flexibility index (Phi) is 7.13. The van der Waals surface area contributed by atoms with Crippen LogP contribution in [-0.2, 0) is 17.8 Å². The van der Waals surface area contributed by atoms with Gasteiger partial charge in [-0.3, -0.25) is 0 Å². The number of aryl methyl sites for hydroxylation is 1. The van der Waals surface area contributed by atoms with Gasteiger partial charge in [0.25, 0.3) is 0 Å². The van der Waals surface area contributed by atoms with Crippen LogP contribution in [0.1, 0.15) is 17.5 Å². The maximum absolute atomic E-state index is 9.17. The van der Waals surface area contributed by atoms with Crippen LogP contribution in [0, 0.1) is 5.39 Å². The highest BCUT2D eigenvalue weighted by molar-refractivity contribution is 5.43. The second-order valence-corrected chi connectivity index (χ2v) is 5.29. The molecule has 1 N–H and O–H groups in total. The second kappa shape index (κ2) is 9.83. The van der Waals surface area contributed by atoms with Gasteiger partial charge in [0.1, 0.15) is 6.61 Å². The molecule has 6 nitrogen and oxygen atoms in total. The number of benzene rings is 2. The van der Waals surface area contributed by atoms with Gasteiger partial charge in [-0.1, -0.05) is 36.4 Å². The van der Waals surface area contributed by atoms with E-state index < -0.39 is 5.95 Å². The maximum Gasteiger partial charge on any atom is 0.429 e. The first-order valence-electron chi connectivity index (χ1n) is 7.92. The summed E-state index contributed by atoms with van der Waals surface area (Å²) in [5.41, 5.74) is 2.16. The van der Waals surface area contributed by atoms with Gasteiger partial charge in [-0.2, -0.15) is 0 Å². The molecule has 0 amide bonds. The van der Waals surface area contributed by atoms with Gasteiger partial charge in [-0.15, -0.1) is 0 Å². The highest BCUT2D eigenvalue weighted by Crippen LogP contribution is 2.29. The van der Waals surface area contributed by atoms with Crippen molar-refractivity contribution >= 4 is 0 Å². The lowest BCUT2D eigenvalue weighted by Crippen LogP contribution is -1.99. The fourth-order valence-electron chi connectivity index (χ4n) is 2.26. The monoisotopic (exact) mass is 341 g/mol. The molecule has 0 saturated carbocycles. The first-order chi connectivity index (χ1) is 12.2. The minimum atomic E-state index is -0.412. The molecule has 0 aliphatic heterocycles. The zero-order valence-corrected chi connectivity index (χ0v) is 14.1. The first kappa shape index (κ1) is 18.1. The summed E-state index contributed by atoms with van der Waals surface area (Å²) in [7, 11) is 1.61. The standard InChI is InChI=1S/C19H20N2O4/c1-23-18-12-15(8-5-11-24-19(22)13-21-20)9-10-17(18)25-14-16-6-3-2-4-7-16/h2-4,6-7,9-10,12-13H,5,8,11,14H2,1H3/p+1/b19-13+. The van der Waals surface area contributed by atoms with Crippen molar-refractivity contribution in [3.05, 3.63) is 76.8 Å². The van der Waals surface area contributed by atoms with E-state index in [-0.39, 0.29) is 0 Å². The average Bonchev–Trinajstić information content (AvgIpc) is 2.65. The maximum atomic E-state index is 9.17. The number of aliphatic hydroxyl groups excluding tert-OH is 1. The molecule has 0 radical (unpaired) electrons. The highest BCUT2D eigenvalue weighted by Gasteiger charge is 2.07. The molecule has 0 fully saturated rings. The van der Waals surface area contributed by atoms with Gasteiger partial charge in [0.2, 0.25) is 5.39 Å². The lowest BCUT2D eigenvalue weighted by molar-refractivity contribution is 0.0919. The van der Waals surface area contributed by atoms with Crippen molar-refractivity contribution in [3.63, 3.8) is 0 Å². The molecule has 25 heavy (non-hydrogen) atoms. The summed E-state index contributed by atoms with van der Waals surface area (Å²) < 4.78 is 16.2. The zero-order valence-electron chi connectivity index (χ0n) is 14.1. The molecule has 2 rings (SSSR count). The highest BCUT2D eigenvalue weighted by atomic mass is 16.6. The van der Waals surface area contributed by atoms with E-state index >= 15 is 0 Å². The van der Waals surface area contributed by atoms with Crippen LogP contribution in [0.15, 0.2) is 60.7 Å². The van der Waals surface area contributed by atoms with Gasteiger partial charge < -0.3 is 19.3 Å². The summed E-state index contributed by atoms with van der Waals surface area (Å²) in [4.78, 5) is 2.68. The van der Waals surface area contributed by atoms with Crippen molar-refractivity contribution in [2.75, 3.05) is 13.7 Å². The molecule has 130 valence electrons. The summed E-state index contributed by atoms with van der Waals surface area (Å²) >= 11 is 0. The predicted molar refractivity (Wildman–Crippen MR) is 93.8 cm³/mol. The number of methoxy groups -OCH3 is 1. The van der Waals surface area contributed by atoms with Crippen LogP contribution in [0.5, 0.6) is 11.5 Å². The third-order valence-electron chi connectivity index (χ3n) is 3.49. The Hall–Kier alpha value is -3.20. The van der Waals surface area contributed by atoms with Gasteiger partial charge in [-0.05, 0) is 36.1 Å². The van der Waals surface area contributed by atoms with E-state index in [9.17, 15) is 0 Å². The van der Waals surface area contributed by atoms with E-state index in [1.165, 1.54) is 0 Å². The Labute approximate surface area is 146 Å². The summed E-state index contributed by atoms with van der Waals surface area (Å²) in [6.45, 7) is 0.790. The van der Waals surface area contributed by atoms with Crippen LogP contribution in [0.3, 0.4) is 0 Å². The van der Waals surface area contributed by atoms with Gasteiger partial charge >= 0.3 is 12.1 Å². The number of nitrogens with zero attached hydrogens (tertiary/aromatic N) is 2. The third-order valence-corrected chi connectivity index (χ3v) is 3.49. The molecule has 2 aromatic rings. The summed E-state index contributed by atoms with van der Waals surface area (Å²) in [5, 5.41) is 17.4. The number of aliphatic hydroxyl groups is 1. The van der Waals surface area contributed by atoms with Crippen molar-refractivity contribution in [1.29, 1.82) is 5.39 Å². The van der Waals surface area contributed by atoms with E-state index in [0.29, 0.717) is 31.1 Å². The van der Waals surface area contributed by atoms with Crippen molar-refractivity contribution in [2.24, 2.45) is 0 Å². The quantitative estimate of drug-likeness (QED) is 0.415. The Morgan fingerprint density at radius 2 is 1.92 bits per heavy atom. The Bertz CT molecular complexity index is 739. The van der Waals surface area contributed by atoms with Crippen LogP contribution < -0.4 is 9.47 Å². The molecule has 0 atom stereocenters. The molecule has 0 bridgehead atoms. The Morgan fingerprint density at radius 3 is 2.64 bits per heavy atom. The molecule has 0 aliphatic rings. The second-order valence-electron chi connectivity index (χ2n) is 5.29. The van der Waals surface area contributed by atoms with Crippen molar-refractivity contribution in [3.8, 4) is 11.5 Å². The van der Waals surface area contributed by atoms with Crippen LogP contribution >= 0.6 is 0 Å². The minimum Gasteiger partial charge on any atom is -0.493 e. The average molecular weight is 341 g/mol. The molecule has 6 heteroatoms. The van der Waals surface area contributed by atoms with Crippen molar-refractivity contribution in [2.45, 2.75) is 19.4 Å².